The predicted octanol–water partition coefficient (Wildman–Crippen LogP) is 6.58. The molecule has 0 aliphatic rings. The minimum absolute atomic E-state index is 1.27. The fraction of sp³-hybridized carbons (Fsp3) is 0.444. The molecule has 0 aliphatic heterocycles. The van der Waals surface area contributed by atoms with Crippen LogP contribution in [0.4, 0.5) is 0 Å². The van der Waals surface area contributed by atoms with E-state index in [0.29, 0.717) is 0 Å². The zero-order valence-electron chi connectivity index (χ0n) is 13.7. The van der Waals surface area contributed by atoms with Gasteiger partial charge in [0.15, 0.2) is 0 Å². The highest BCUT2D eigenvalue weighted by Gasteiger charge is 1.94. The molecule has 0 saturated carbocycles. The van der Waals surface area contributed by atoms with Crippen LogP contribution in [-0.4, -0.2) is 0 Å². The molecule has 0 aromatic heterocycles. The minimum atomic E-state index is 1.27. The zero-order chi connectivity index (χ0) is 15.0. The SMILES string of the molecule is C=C/C=C\c1cccc(C)c1C.CC.CC.CC. The Morgan fingerprint density at radius 3 is 1.83 bits per heavy atom. The van der Waals surface area contributed by atoms with Crippen LogP contribution in [0.2, 0.25) is 0 Å². The minimum Gasteiger partial charge on any atom is -0.0991 e. The fourth-order valence-corrected chi connectivity index (χ4v) is 1.13. The molecule has 0 bridgehead atoms. The van der Waals surface area contributed by atoms with Gasteiger partial charge >= 0.3 is 0 Å². The summed E-state index contributed by atoms with van der Waals surface area (Å²) in [5, 5.41) is 0. The average molecular weight is 248 g/mol. The van der Waals surface area contributed by atoms with E-state index in [-0.39, 0.29) is 0 Å². The van der Waals surface area contributed by atoms with E-state index in [9.17, 15) is 0 Å². The number of aryl methyl sites for hydroxylation is 1. The molecule has 0 atom stereocenters. The third kappa shape index (κ3) is 9.89. The van der Waals surface area contributed by atoms with Crippen LogP contribution in [0, 0.1) is 13.8 Å². The van der Waals surface area contributed by atoms with Gasteiger partial charge in [-0.1, -0.05) is 84.5 Å². The Bertz CT molecular complexity index is 306. The van der Waals surface area contributed by atoms with Gasteiger partial charge in [-0.25, -0.2) is 0 Å². The lowest BCUT2D eigenvalue weighted by atomic mass is 10.0. The van der Waals surface area contributed by atoms with Crippen molar-refractivity contribution in [2.24, 2.45) is 0 Å². The molecule has 0 N–H and O–H groups in total. The molecule has 0 heteroatoms. The van der Waals surface area contributed by atoms with Crippen LogP contribution in [0.15, 0.2) is 36.9 Å². The Kier molecular flexibility index (Phi) is 22.0. The Morgan fingerprint density at radius 1 is 0.889 bits per heavy atom. The number of hydrogen-bond acceptors (Lipinski definition) is 0. The van der Waals surface area contributed by atoms with Crippen molar-refractivity contribution in [3.63, 3.8) is 0 Å². The van der Waals surface area contributed by atoms with Gasteiger partial charge in [-0.3, -0.25) is 0 Å². The monoisotopic (exact) mass is 248 g/mol. The van der Waals surface area contributed by atoms with Gasteiger partial charge in [0.1, 0.15) is 0 Å². The summed E-state index contributed by atoms with van der Waals surface area (Å²) < 4.78 is 0. The van der Waals surface area contributed by atoms with Crippen molar-refractivity contribution < 1.29 is 0 Å². The van der Waals surface area contributed by atoms with Crippen LogP contribution >= 0.6 is 0 Å². The maximum Gasteiger partial charge on any atom is -0.0225 e. The predicted molar refractivity (Wildman–Crippen MR) is 89.2 cm³/mol. The summed E-state index contributed by atoms with van der Waals surface area (Å²) in [6.07, 6.45) is 5.83. The molecule has 0 heterocycles. The molecule has 0 fully saturated rings. The Morgan fingerprint density at radius 2 is 1.39 bits per heavy atom. The molecule has 0 spiro atoms. The molecule has 0 radical (unpaired) electrons. The topological polar surface area (TPSA) is 0 Å². The Balaban J connectivity index is -0.000000328. The smallest absolute Gasteiger partial charge is 0.0225 e. The fourth-order valence-electron chi connectivity index (χ4n) is 1.13. The maximum absolute atomic E-state index is 3.64. The lowest BCUT2D eigenvalue weighted by Gasteiger charge is -2.02. The molecule has 1 aromatic carbocycles. The lowest BCUT2D eigenvalue weighted by Crippen LogP contribution is -1.83. The standard InChI is InChI=1S/C12H14.3C2H6/c1-4-5-8-12-9-6-7-10(2)11(12)3;3*1-2/h4-9H,1H2,2-3H3;3*1-2H3/b8-5-;;;. The summed E-state index contributed by atoms with van der Waals surface area (Å²) in [6.45, 7) is 19.9. The average Bonchev–Trinajstić information content (AvgIpc) is 2.47. The maximum atomic E-state index is 3.64. The van der Waals surface area contributed by atoms with Crippen molar-refractivity contribution in [2.45, 2.75) is 55.4 Å². The van der Waals surface area contributed by atoms with Gasteiger partial charge < -0.3 is 0 Å². The summed E-state index contributed by atoms with van der Waals surface area (Å²) in [5.74, 6) is 0. The van der Waals surface area contributed by atoms with E-state index in [1.54, 1.807) is 6.08 Å². The second kappa shape index (κ2) is 18.1. The molecule has 1 rings (SSSR count). The van der Waals surface area contributed by atoms with Crippen molar-refractivity contribution in [3.8, 4) is 0 Å². The van der Waals surface area contributed by atoms with Crippen molar-refractivity contribution in [3.05, 3.63) is 53.6 Å². The van der Waals surface area contributed by atoms with Gasteiger partial charge in [0, 0.05) is 0 Å². The van der Waals surface area contributed by atoms with E-state index in [2.05, 4.69) is 44.7 Å². The summed E-state index contributed by atoms with van der Waals surface area (Å²) in [6, 6.07) is 6.31. The highest BCUT2D eigenvalue weighted by molar-refractivity contribution is 5.56. The highest BCUT2D eigenvalue weighted by Crippen LogP contribution is 2.13. The molecule has 0 unspecified atom stereocenters. The molecular formula is C18H32. The van der Waals surface area contributed by atoms with E-state index < -0.39 is 0 Å². The highest BCUT2D eigenvalue weighted by atomic mass is 14.0. The van der Waals surface area contributed by atoms with Gasteiger partial charge in [-0.15, -0.1) is 0 Å². The first-order chi connectivity index (χ1) is 8.75. The van der Waals surface area contributed by atoms with Crippen molar-refractivity contribution in [2.75, 3.05) is 0 Å². The largest absolute Gasteiger partial charge is 0.0991 e. The summed E-state index contributed by atoms with van der Waals surface area (Å²) >= 11 is 0. The molecule has 104 valence electrons. The third-order valence-electron chi connectivity index (χ3n) is 2.06. The lowest BCUT2D eigenvalue weighted by molar-refractivity contribution is 1.33. The van der Waals surface area contributed by atoms with Gasteiger partial charge in [-0.05, 0) is 30.5 Å². The quantitative estimate of drug-likeness (QED) is 0.518. The molecular weight excluding hydrogens is 216 g/mol. The van der Waals surface area contributed by atoms with E-state index in [1.165, 1.54) is 16.7 Å². The zero-order valence-corrected chi connectivity index (χ0v) is 13.7. The van der Waals surface area contributed by atoms with E-state index in [0.717, 1.165) is 0 Å². The van der Waals surface area contributed by atoms with Crippen LogP contribution < -0.4 is 0 Å². The third-order valence-corrected chi connectivity index (χ3v) is 2.06. The second-order valence-electron chi connectivity index (χ2n) is 2.88. The normalized spacial score (nSPS) is 8.00. The van der Waals surface area contributed by atoms with Crippen LogP contribution in [0.3, 0.4) is 0 Å². The van der Waals surface area contributed by atoms with Crippen molar-refractivity contribution in [1.29, 1.82) is 0 Å². The van der Waals surface area contributed by atoms with E-state index in [1.807, 2.05) is 47.6 Å². The van der Waals surface area contributed by atoms with Crippen LogP contribution in [-0.2, 0) is 0 Å². The van der Waals surface area contributed by atoms with E-state index >= 15 is 0 Å². The first kappa shape index (κ1) is 21.9. The Hall–Kier alpha value is -1.30. The number of rotatable bonds is 2. The second-order valence-corrected chi connectivity index (χ2v) is 2.88. The van der Waals surface area contributed by atoms with Crippen molar-refractivity contribution in [1.82, 2.24) is 0 Å². The summed E-state index contributed by atoms with van der Waals surface area (Å²) in [4.78, 5) is 0. The van der Waals surface area contributed by atoms with Crippen LogP contribution in [0.5, 0.6) is 0 Å². The first-order valence-corrected chi connectivity index (χ1v) is 7.11. The van der Waals surface area contributed by atoms with E-state index in [4.69, 9.17) is 0 Å². The van der Waals surface area contributed by atoms with Gasteiger partial charge in [0.05, 0.1) is 0 Å². The Labute approximate surface area is 115 Å². The van der Waals surface area contributed by atoms with Crippen LogP contribution in [0.1, 0.15) is 58.2 Å². The first-order valence-electron chi connectivity index (χ1n) is 7.11. The summed E-state index contributed by atoms with van der Waals surface area (Å²) in [7, 11) is 0. The molecule has 18 heavy (non-hydrogen) atoms. The van der Waals surface area contributed by atoms with Gasteiger partial charge in [-0.2, -0.15) is 0 Å². The molecule has 0 saturated heterocycles. The number of hydrogen-bond donors (Lipinski definition) is 0. The van der Waals surface area contributed by atoms with Gasteiger partial charge in [0.25, 0.3) is 0 Å². The van der Waals surface area contributed by atoms with Crippen LogP contribution in [0.25, 0.3) is 6.08 Å². The molecule has 0 nitrogen and oxygen atoms in total. The van der Waals surface area contributed by atoms with Gasteiger partial charge in [0.2, 0.25) is 0 Å². The molecule has 0 aliphatic carbocycles. The molecule has 0 amide bonds. The number of benzene rings is 1. The number of allylic oxidation sites excluding steroid dienone is 2. The van der Waals surface area contributed by atoms with Crippen molar-refractivity contribution >= 4 is 6.08 Å². The molecule has 1 aromatic rings. The summed E-state index contributed by atoms with van der Waals surface area (Å²) in [5.41, 5.74) is 3.95.